The first-order valence-electron chi connectivity index (χ1n) is 3.69. The number of H-pyrrole nitrogens is 2. The Hall–Kier alpha value is -0.790. The van der Waals surface area contributed by atoms with Crippen LogP contribution in [-0.2, 0) is 0 Å². The number of hydrogen-bond acceptors (Lipinski definition) is 5. The highest BCUT2D eigenvalue weighted by Crippen LogP contribution is 2.10. The first-order chi connectivity index (χ1) is 6.63. The zero-order valence-electron chi connectivity index (χ0n) is 6.99. The Morgan fingerprint density at radius 3 is 2.86 bits per heavy atom. The number of aromatic amines is 2. The summed E-state index contributed by atoms with van der Waals surface area (Å²) in [5, 5.41) is 14.8. The van der Waals surface area contributed by atoms with Crippen molar-refractivity contribution in [2.24, 2.45) is 0 Å². The van der Waals surface area contributed by atoms with Gasteiger partial charge in [0.1, 0.15) is 0 Å². The van der Waals surface area contributed by atoms with Crippen molar-refractivity contribution >= 4 is 23.4 Å². The smallest absolute Gasteiger partial charge is 0.342 e. The van der Waals surface area contributed by atoms with Crippen molar-refractivity contribution in [1.82, 2.24) is 15.2 Å². The Bertz CT molecular complexity index is 404. The molecule has 0 bridgehead atoms. The summed E-state index contributed by atoms with van der Waals surface area (Å²) in [5.74, 6) is 0.347. The maximum absolute atomic E-state index is 11.1. The molecule has 0 aliphatic rings. The van der Waals surface area contributed by atoms with Crippen molar-refractivity contribution in [3.63, 3.8) is 0 Å². The number of thioether (sulfide) groups is 1. The number of aliphatic hydroxyl groups is 1. The fourth-order valence-corrected chi connectivity index (χ4v) is 1.65. The van der Waals surface area contributed by atoms with Crippen LogP contribution in [0.2, 0.25) is 0 Å². The lowest BCUT2D eigenvalue weighted by atomic mass is 10.5. The maximum atomic E-state index is 11.1. The lowest BCUT2D eigenvalue weighted by Gasteiger charge is -2.03. The van der Waals surface area contributed by atoms with Crippen LogP contribution in [0.15, 0.2) is 14.6 Å². The van der Waals surface area contributed by atoms with Gasteiger partial charge in [-0.1, -0.05) is 11.8 Å². The van der Waals surface area contributed by atoms with Gasteiger partial charge in [-0.2, -0.15) is 5.10 Å². The van der Waals surface area contributed by atoms with E-state index in [-0.39, 0.29) is 16.7 Å². The molecule has 78 valence electrons. The van der Waals surface area contributed by atoms with Crippen LogP contribution in [0.4, 0.5) is 0 Å². The van der Waals surface area contributed by atoms with Gasteiger partial charge in [-0.15, -0.1) is 11.6 Å². The van der Waals surface area contributed by atoms with Crippen LogP contribution < -0.4 is 11.2 Å². The Balaban J connectivity index is 2.68. The van der Waals surface area contributed by atoms with Crippen LogP contribution in [0.1, 0.15) is 0 Å². The van der Waals surface area contributed by atoms with Crippen LogP contribution in [0.3, 0.4) is 0 Å². The van der Waals surface area contributed by atoms with Crippen molar-refractivity contribution in [3.8, 4) is 0 Å². The topological polar surface area (TPSA) is 98.8 Å². The van der Waals surface area contributed by atoms with E-state index in [0.29, 0.717) is 0 Å². The third-order valence-electron chi connectivity index (χ3n) is 1.27. The zero-order chi connectivity index (χ0) is 10.6. The molecule has 0 radical (unpaired) electrons. The molecule has 0 amide bonds. The highest BCUT2D eigenvalue weighted by Gasteiger charge is 2.07. The van der Waals surface area contributed by atoms with Crippen molar-refractivity contribution in [2.45, 2.75) is 11.1 Å². The fraction of sp³-hybridized carbons (Fsp3) is 0.500. The molecule has 6 nitrogen and oxygen atoms in total. The quantitative estimate of drug-likeness (QED) is 0.468. The molecule has 1 heterocycles. The predicted molar refractivity (Wildman–Crippen MR) is 52.9 cm³/mol. The Labute approximate surface area is 87.7 Å². The summed E-state index contributed by atoms with van der Waals surface area (Å²) >= 11 is 6.38. The molecule has 1 rings (SSSR count). The maximum Gasteiger partial charge on any atom is 0.342 e. The van der Waals surface area contributed by atoms with E-state index in [0.717, 1.165) is 11.8 Å². The lowest BCUT2D eigenvalue weighted by Crippen LogP contribution is -2.25. The molecule has 0 aliphatic carbocycles. The second-order valence-electron chi connectivity index (χ2n) is 2.43. The zero-order valence-corrected chi connectivity index (χ0v) is 8.56. The average Bonchev–Trinajstić information content (AvgIpc) is 2.16. The van der Waals surface area contributed by atoms with Gasteiger partial charge in [0.15, 0.2) is 5.03 Å². The van der Waals surface area contributed by atoms with Crippen LogP contribution in [0.5, 0.6) is 0 Å². The molecule has 8 heteroatoms. The molecule has 0 aromatic carbocycles. The minimum Gasteiger partial charge on any atom is -0.391 e. The number of alkyl halides is 1. The molecule has 1 aromatic rings. The van der Waals surface area contributed by atoms with Crippen molar-refractivity contribution < 1.29 is 5.11 Å². The molecule has 1 atom stereocenters. The second kappa shape index (κ2) is 5.18. The van der Waals surface area contributed by atoms with Gasteiger partial charge < -0.3 is 5.11 Å². The number of nitrogens with zero attached hydrogens (tertiary/aromatic N) is 1. The van der Waals surface area contributed by atoms with Gasteiger partial charge in [0.2, 0.25) is 0 Å². The first-order valence-corrected chi connectivity index (χ1v) is 5.21. The molecule has 0 fully saturated rings. The van der Waals surface area contributed by atoms with Crippen molar-refractivity contribution in [1.29, 1.82) is 0 Å². The number of nitrogens with one attached hydrogen (secondary N) is 2. The lowest BCUT2D eigenvalue weighted by molar-refractivity contribution is 0.223. The summed E-state index contributed by atoms with van der Waals surface area (Å²) in [5.41, 5.74) is -1.22. The van der Waals surface area contributed by atoms with Crippen LogP contribution in [0.25, 0.3) is 0 Å². The number of hydrogen-bond donors (Lipinski definition) is 3. The molecule has 1 aromatic heterocycles. The van der Waals surface area contributed by atoms with E-state index in [4.69, 9.17) is 16.7 Å². The Morgan fingerprint density at radius 1 is 1.57 bits per heavy atom. The molecule has 1 unspecified atom stereocenters. The molecular formula is C6H8ClN3O3S. The van der Waals surface area contributed by atoms with Gasteiger partial charge in [-0.25, -0.2) is 9.89 Å². The van der Waals surface area contributed by atoms with E-state index < -0.39 is 17.4 Å². The standard InChI is InChI=1S/C6H8ClN3O3S/c7-1-3(11)2-14-5-4(12)8-6(13)10-9-5/h3,11H,1-2H2,(H2,8,10,12,13). The third kappa shape index (κ3) is 3.17. The summed E-state index contributed by atoms with van der Waals surface area (Å²) in [6.07, 6.45) is -0.699. The molecular weight excluding hydrogens is 230 g/mol. The van der Waals surface area contributed by atoms with Gasteiger partial charge in [0.25, 0.3) is 5.56 Å². The first kappa shape index (κ1) is 11.3. The second-order valence-corrected chi connectivity index (χ2v) is 3.75. The summed E-state index contributed by atoms with van der Waals surface area (Å²) in [6.45, 7) is 0. The van der Waals surface area contributed by atoms with Gasteiger partial charge in [-0.05, 0) is 0 Å². The number of halogens is 1. The third-order valence-corrected chi connectivity index (χ3v) is 2.73. The van der Waals surface area contributed by atoms with E-state index >= 15 is 0 Å². The molecule has 0 saturated heterocycles. The Morgan fingerprint density at radius 2 is 2.29 bits per heavy atom. The van der Waals surface area contributed by atoms with E-state index in [2.05, 4.69) is 10.2 Å². The summed E-state index contributed by atoms with van der Waals surface area (Å²) < 4.78 is 0. The Kier molecular flexibility index (Phi) is 4.18. The predicted octanol–water partition coefficient (Wildman–Crippen LogP) is -0.850. The van der Waals surface area contributed by atoms with Gasteiger partial charge in [-0.3, -0.25) is 9.78 Å². The summed E-state index contributed by atoms with van der Waals surface area (Å²) in [4.78, 5) is 23.7. The monoisotopic (exact) mass is 237 g/mol. The molecule has 14 heavy (non-hydrogen) atoms. The highest BCUT2D eigenvalue weighted by atomic mass is 35.5. The average molecular weight is 238 g/mol. The van der Waals surface area contributed by atoms with Gasteiger partial charge in [0, 0.05) is 11.6 Å². The molecule has 0 spiro atoms. The molecule has 0 saturated carbocycles. The summed E-state index contributed by atoms with van der Waals surface area (Å²) in [7, 11) is 0. The van der Waals surface area contributed by atoms with E-state index in [1.54, 1.807) is 0 Å². The van der Waals surface area contributed by atoms with Crippen LogP contribution in [0, 0.1) is 0 Å². The van der Waals surface area contributed by atoms with E-state index in [1.807, 2.05) is 4.98 Å². The van der Waals surface area contributed by atoms with Crippen LogP contribution >= 0.6 is 23.4 Å². The van der Waals surface area contributed by atoms with Gasteiger partial charge >= 0.3 is 5.69 Å². The van der Waals surface area contributed by atoms with E-state index in [9.17, 15) is 9.59 Å². The number of aromatic nitrogens is 3. The SMILES string of the molecule is O=c1[nH]nc(SCC(O)CCl)c(=O)[nH]1. The highest BCUT2D eigenvalue weighted by molar-refractivity contribution is 7.99. The fourth-order valence-electron chi connectivity index (χ4n) is 0.654. The molecule has 0 aliphatic heterocycles. The number of aliphatic hydroxyl groups excluding tert-OH is 1. The largest absolute Gasteiger partial charge is 0.391 e. The summed E-state index contributed by atoms with van der Waals surface area (Å²) in [6, 6.07) is 0. The minimum atomic E-state index is -0.699. The van der Waals surface area contributed by atoms with Crippen molar-refractivity contribution in [2.75, 3.05) is 11.6 Å². The van der Waals surface area contributed by atoms with Crippen LogP contribution in [-0.4, -0.2) is 38.0 Å². The van der Waals surface area contributed by atoms with Crippen molar-refractivity contribution in [3.05, 3.63) is 20.8 Å². The molecule has 3 N–H and O–H groups in total. The number of rotatable bonds is 4. The van der Waals surface area contributed by atoms with Gasteiger partial charge in [0.05, 0.1) is 6.10 Å². The van der Waals surface area contributed by atoms with E-state index in [1.165, 1.54) is 0 Å². The minimum absolute atomic E-state index is 0.0915. The normalized spacial score (nSPS) is 12.7.